The standard InChI is InChI=1S/C19H18N2O3/c1-19(17(22)20-14-9-3-5-11-16(14)24-19)18(23)21-12-6-8-13-7-2-4-10-15(13)21/h2-5,7,9-11H,6,8,12H2,1H3,(H,20,22). The zero-order valence-electron chi connectivity index (χ0n) is 13.4. The van der Waals surface area contributed by atoms with Crippen molar-refractivity contribution >= 4 is 23.2 Å². The van der Waals surface area contributed by atoms with Crippen LogP contribution in [0.2, 0.25) is 0 Å². The second kappa shape index (κ2) is 5.37. The van der Waals surface area contributed by atoms with Gasteiger partial charge in [0.25, 0.3) is 17.4 Å². The van der Waals surface area contributed by atoms with E-state index in [1.807, 2.05) is 36.4 Å². The molecule has 122 valence electrons. The first-order valence-corrected chi connectivity index (χ1v) is 8.09. The molecule has 4 rings (SSSR count). The minimum Gasteiger partial charge on any atom is -0.465 e. The Kier molecular flexibility index (Phi) is 3.30. The highest BCUT2D eigenvalue weighted by Crippen LogP contribution is 2.36. The average Bonchev–Trinajstić information content (AvgIpc) is 2.61. The third-order valence-electron chi connectivity index (χ3n) is 4.65. The molecular formula is C19H18N2O3. The number of benzene rings is 2. The molecular weight excluding hydrogens is 304 g/mol. The first kappa shape index (κ1) is 14.8. The third kappa shape index (κ3) is 2.16. The molecule has 1 unspecified atom stereocenters. The maximum atomic E-state index is 13.2. The Bertz CT molecular complexity index is 833. The van der Waals surface area contributed by atoms with Crippen molar-refractivity contribution in [2.24, 2.45) is 0 Å². The van der Waals surface area contributed by atoms with E-state index in [1.165, 1.54) is 6.92 Å². The van der Waals surface area contributed by atoms with Crippen LogP contribution in [0, 0.1) is 0 Å². The van der Waals surface area contributed by atoms with Crippen molar-refractivity contribution in [2.45, 2.75) is 25.4 Å². The van der Waals surface area contributed by atoms with Gasteiger partial charge in [-0.15, -0.1) is 0 Å². The van der Waals surface area contributed by atoms with Gasteiger partial charge in [-0.3, -0.25) is 9.59 Å². The number of rotatable bonds is 1. The molecule has 2 aliphatic heterocycles. The molecule has 1 atom stereocenters. The topological polar surface area (TPSA) is 58.6 Å². The van der Waals surface area contributed by atoms with E-state index in [-0.39, 0.29) is 5.91 Å². The highest BCUT2D eigenvalue weighted by molar-refractivity contribution is 6.19. The molecule has 0 bridgehead atoms. The lowest BCUT2D eigenvalue weighted by molar-refractivity contribution is -0.144. The summed E-state index contributed by atoms with van der Waals surface area (Å²) in [4.78, 5) is 27.5. The molecule has 0 aliphatic carbocycles. The minimum absolute atomic E-state index is 0.332. The van der Waals surface area contributed by atoms with Gasteiger partial charge in [0.05, 0.1) is 5.69 Å². The summed E-state index contributed by atoms with van der Waals surface area (Å²) in [6, 6.07) is 15.0. The number of carbonyl (C=O) groups is 2. The molecule has 0 aromatic heterocycles. The monoisotopic (exact) mass is 322 g/mol. The molecule has 0 spiro atoms. The second-order valence-electron chi connectivity index (χ2n) is 6.27. The Hall–Kier alpha value is -2.82. The van der Waals surface area contributed by atoms with E-state index in [0.29, 0.717) is 18.0 Å². The fourth-order valence-corrected chi connectivity index (χ4v) is 3.31. The predicted octanol–water partition coefficient (Wildman–Crippen LogP) is 2.76. The van der Waals surface area contributed by atoms with Gasteiger partial charge in [0, 0.05) is 12.2 Å². The van der Waals surface area contributed by atoms with Crippen molar-refractivity contribution < 1.29 is 14.3 Å². The molecule has 2 amide bonds. The Morgan fingerprint density at radius 3 is 2.79 bits per heavy atom. The van der Waals surface area contributed by atoms with Gasteiger partial charge in [0.15, 0.2) is 0 Å². The zero-order chi connectivity index (χ0) is 16.7. The van der Waals surface area contributed by atoms with E-state index in [4.69, 9.17) is 4.74 Å². The number of anilines is 2. The molecule has 5 heteroatoms. The Morgan fingerprint density at radius 1 is 1.17 bits per heavy atom. The van der Waals surface area contributed by atoms with Crippen LogP contribution >= 0.6 is 0 Å². The smallest absolute Gasteiger partial charge is 0.280 e. The molecule has 0 saturated carbocycles. The number of fused-ring (bicyclic) bond motifs is 2. The molecule has 2 heterocycles. The van der Waals surface area contributed by atoms with Gasteiger partial charge in [0.2, 0.25) is 0 Å². The van der Waals surface area contributed by atoms with Crippen LogP contribution in [-0.4, -0.2) is 24.0 Å². The van der Waals surface area contributed by atoms with Crippen LogP contribution in [0.5, 0.6) is 5.75 Å². The lowest BCUT2D eigenvalue weighted by Gasteiger charge is -2.38. The largest absolute Gasteiger partial charge is 0.465 e. The number of amides is 2. The Morgan fingerprint density at radius 2 is 1.92 bits per heavy atom. The fraction of sp³-hybridized carbons (Fsp3) is 0.263. The lowest BCUT2D eigenvalue weighted by atomic mass is 9.96. The minimum atomic E-state index is -1.57. The van der Waals surface area contributed by atoms with Gasteiger partial charge in [-0.05, 0) is 43.5 Å². The summed E-state index contributed by atoms with van der Waals surface area (Å²) < 4.78 is 5.86. The van der Waals surface area contributed by atoms with Crippen molar-refractivity contribution in [3.63, 3.8) is 0 Å². The van der Waals surface area contributed by atoms with E-state index in [2.05, 4.69) is 5.32 Å². The van der Waals surface area contributed by atoms with Crippen LogP contribution in [0.1, 0.15) is 18.9 Å². The summed E-state index contributed by atoms with van der Waals surface area (Å²) in [6.45, 7) is 2.13. The van der Waals surface area contributed by atoms with Crippen molar-refractivity contribution in [1.82, 2.24) is 0 Å². The third-order valence-corrected chi connectivity index (χ3v) is 4.65. The number of nitrogens with zero attached hydrogens (tertiary/aromatic N) is 1. The summed E-state index contributed by atoms with van der Waals surface area (Å²) in [5.41, 5.74) is 1.01. The van der Waals surface area contributed by atoms with Crippen LogP contribution in [-0.2, 0) is 16.0 Å². The molecule has 2 aromatic carbocycles. The quantitative estimate of drug-likeness (QED) is 0.821. The summed E-state index contributed by atoms with van der Waals surface area (Å²) in [5.74, 6) is -0.255. The first-order chi connectivity index (χ1) is 11.6. The number of nitrogens with one attached hydrogen (secondary N) is 1. The zero-order valence-corrected chi connectivity index (χ0v) is 13.4. The summed E-state index contributed by atoms with van der Waals surface area (Å²) in [7, 11) is 0. The lowest BCUT2D eigenvalue weighted by Crippen LogP contribution is -2.60. The van der Waals surface area contributed by atoms with E-state index in [0.717, 1.165) is 24.1 Å². The van der Waals surface area contributed by atoms with E-state index >= 15 is 0 Å². The number of ether oxygens (including phenoxy) is 1. The second-order valence-corrected chi connectivity index (χ2v) is 6.27. The molecule has 0 saturated heterocycles. The molecule has 1 N–H and O–H groups in total. The average molecular weight is 322 g/mol. The normalized spacial score (nSPS) is 22.0. The molecule has 24 heavy (non-hydrogen) atoms. The van der Waals surface area contributed by atoms with Gasteiger partial charge in [-0.25, -0.2) is 0 Å². The van der Waals surface area contributed by atoms with Gasteiger partial charge in [-0.2, -0.15) is 0 Å². The summed E-state index contributed by atoms with van der Waals surface area (Å²) in [5, 5.41) is 2.78. The van der Waals surface area contributed by atoms with Crippen LogP contribution in [0.3, 0.4) is 0 Å². The number of carbonyl (C=O) groups excluding carboxylic acids is 2. The molecule has 2 aliphatic rings. The van der Waals surface area contributed by atoms with Gasteiger partial charge >= 0.3 is 0 Å². The maximum absolute atomic E-state index is 13.2. The number of hydrogen-bond acceptors (Lipinski definition) is 3. The number of para-hydroxylation sites is 3. The number of hydrogen-bond donors (Lipinski definition) is 1. The molecule has 0 fully saturated rings. The number of aryl methyl sites for hydroxylation is 1. The fourth-order valence-electron chi connectivity index (χ4n) is 3.31. The summed E-state index contributed by atoms with van der Waals surface area (Å²) in [6.07, 6.45) is 1.81. The molecule has 2 aromatic rings. The van der Waals surface area contributed by atoms with Crippen LogP contribution in [0.15, 0.2) is 48.5 Å². The van der Waals surface area contributed by atoms with Gasteiger partial charge in [0.1, 0.15) is 5.75 Å². The van der Waals surface area contributed by atoms with Crippen molar-refractivity contribution in [3.8, 4) is 5.75 Å². The van der Waals surface area contributed by atoms with Crippen LogP contribution in [0.4, 0.5) is 11.4 Å². The predicted molar refractivity (Wildman–Crippen MR) is 91.2 cm³/mol. The highest BCUT2D eigenvalue weighted by Gasteiger charge is 2.50. The Labute approximate surface area is 140 Å². The highest BCUT2D eigenvalue weighted by atomic mass is 16.5. The molecule has 0 radical (unpaired) electrons. The van der Waals surface area contributed by atoms with Crippen molar-refractivity contribution in [2.75, 3.05) is 16.8 Å². The summed E-state index contributed by atoms with van der Waals surface area (Å²) >= 11 is 0. The van der Waals surface area contributed by atoms with Crippen LogP contribution < -0.4 is 15.0 Å². The first-order valence-electron chi connectivity index (χ1n) is 8.09. The van der Waals surface area contributed by atoms with E-state index in [9.17, 15) is 9.59 Å². The van der Waals surface area contributed by atoms with Crippen LogP contribution in [0.25, 0.3) is 0 Å². The van der Waals surface area contributed by atoms with E-state index in [1.54, 1.807) is 17.0 Å². The van der Waals surface area contributed by atoms with E-state index < -0.39 is 11.5 Å². The van der Waals surface area contributed by atoms with Gasteiger partial charge < -0.3 is 15.0 Å². The van der Waals surface area contributed by atoms with Gasteiger partial charge in [-0.1, -0.05) is 30.3 Å². The maximum Gasteiger partial charge on any atom is 0.280 e. The SMILES string of the molecule is CC1(C(=O)N2CCCc3ccccc32)Oc2ccccc2NC1=O. The van der Waals surface area contributed by atoms with Crippen molar-refractivity contribution in [1.29, 1.82) is 0 Å². The molecule has 5 nitrogen and oxygen atoms in total. The van der Waals surface area contributed by atoms with Crippen molar-refractivity contribution in [3.05, 3.63) is 54.1 Å². The Balaban J connectivity index is 1.71.